The van der Waals surface area contributed by atoms with E-state index in [1.54, 1.807) is 0 Å². The number of hydrogen-bond donors (Lipinski definition) is 0. The molecule has 0 amide bonds. The highest BCUT2D eigenvalue weighted by Gasteiger charge is 2.06. The highest BCUT2D eigenvalue weighted by molar-refractivity contribution is 4.55. The quantitative estimate of drug-likeness (QED) is 0.501. The highest BCUT2D eigenvalue weighted by Crippen LogP contribution is 2.09. The van der Waals surface area contributed by atoms with E-state index in [2.05, 4.69) is 41.5 Å². The lowest BCUT2D eigenvalue weighted by Crippen LogP contribution is -2.14. The van der Waals surface area contributed by atoms with Crippen LogP contribution in [-0.4, -0.2) is 25.4 Å². The summed E-state index contributed by atoms with van der Waals surface area (Å²) in [6.07, 6.45) is 5.31. The Labute approximate surface area is 114 Å². The molecule has 0 aliphatic carbocycles. The van der Waals surface area contributed by atoms with Gasteiger partial charge in [0.15, 0.2) is 0 Å². The normalized spacial score (nSPS) is 15.3. The Bertz CT molecular complexity index is 158. The van der Waals surface area contributed by atoms with Crippen molar-refractivity contribution < 1.29 is 9.47 Å². The fourth-order valence-corrected chi connectivity index (χ4v) is 2.24. The summed E-state index contributed by atoms with van der Waals surface area (Å²) >= 11 is 0. The van der Waals surface area contributed by atoms with Crippen LogP contribution in [0.3, 0.4) is 0 Å². The average molecular weight is 258 g/mol. The maximum absolute atomic E-state index is 5.77. The van der Waals surface area contributed by atoms with Crippen LogP contribution in [0.25, 0.3) is 0 Å². The van der Waals surface area contributed by atoms with Crippen molar-refractivity contribution in [1.29, 1.82) is 0 Å². The Morgan fingerprint density at radius 1 is 0.611 bits per heavy atom. The first-order chi connectivity index (χ1) is 8.41. The summed E-state index contributed by atoms with van der Waals surface area (Å²) in [5.41, 5.74) is 0. The van der Waals surface area contributed by atoms with Crippen molar-refractivity contribution in [3.05, 3.63) is 0 Å². The van der Waals surface area contributed by atoms with Gasteiger partial charge in [-0.05, 0) is 51.4 Å². The Hall–Kier alpha value is -0.0800. The minimum atomic E-state index is 0.394. The first kappa shape index (κ1) is 17.9. The Balaban J connectivity index is 3.30. The first-order valence-corrected chi connectivity index (χ1v) is 7.65. The minimum Gasteiger partial charge on any atom is -0.378 e. The third-order valence-electron chi connectivity index (χ3n) is 2.95. The molecular weight excluding hydrogens is 224 g/mol. The van der Waals surface area contributed by atoms with Crippen LogP contribution in [0.2, 0.25) is 0 Å². The van der Waals surface area contributed by atoms with Gasteiger partial charge < -0.3 is 9.47 Å². The number of hydrogen-bond acceptors (Lipinski definition) is 2. The largest absolute Gasteiger partial charge is 0.378 e. The molecule has 110 valence electrons. The van der Waals surface area contributed by atoms with Crippen molar-refractivity contribution >= 4 is 0 Å². The minimum absolute atomic E-state index is 0.394. The van der Waals surface area contributed by atoms with Gasteiger partial charge >= 0.3 is 0 Å². The van der Waals surface area contributed by atoms with Crippen LogP contribution in [0.15, 0.2) is 0 Å². The van der Waals surface area contributed by atoms with E-state index >= 15 is 0 Å². The summed E-state index contributed by atoms with van der Waals surface area (Å²) in [6.45, 7) is 15.0. The molecule has 0 spiro atoms. The predicted octanol–water partition coefficient (Wildman–Crippen LogP) is 4.67. The third kappa shape index (κ3) is 12.4. The average Bonchev–Trinajstić information content (AvgIpc) is 2.20. The van der Waals surface area contributed by atoms with Gasteiger partial charge in [-0.2, -0.15) is 0 Å². The molecule has 0 aromatic carbocycles. The van der Waals surface area contributed by atoms with Crippen LogP contribution in [-0.2, 0) is 9.47 Å². The molecule has 0 rings (SSSR count). The van der Waals surface area contributed by atoms with Crippen molar-refractivity contribution in [3.8, 4) is 0 Å². The van der Waals surface area contributed by atoms with Crippen molar-refractivity contribution in [2.45, 2.75) is 79.4 Å². The van der Waals surface area contributed by atoms with Crippen LogP contribution in [0, 0.1) is 11.8 Å². The van der Waals surface area contributed by atoms with Crippen LogP contribution in [0.5, 0.6) is 0 Å². The molecule has 2 nitrogen and oxygen atoms in total. The molecule has 0 heterocycles. The van der Waals surface area contributed by atoms with Crippen molar-refractivity contribution in [1.82, 2.24) is 0 Å². The van der Waals surface area contributed by atoms with E-state index in [1.807, 2.05) is 0 Å². The molecule has 2 heteroatoms. The van der Waals surface area contributed by atoms with E-state index in [0.717, 1.165) is 50.7 Å². The second kappa shape index (κ2) is 10.8. The van der Waals surface area contributed by atoms with Crippen LogP contribution < -0.4 is 0 Å². The number of unbranched alkanes of at least 4 members (excludes halogenated alkanes) is 1. The van der Waals surface area contributed by atoms with Gasteiger partial charge in [-0.25, -0.2) is 0 Å². The van der Waals surface area contributed by atoms with Gasteiger partial charge in [-0.3, -0.25) is 0 Å². The monoisotopic (exact) mass is 258 g/mol. The SMILES string of the molecule is CC(C)CC(C)OCCCCOC(C)CC(C)C. The molecule has 0 radical (unpaired) electrons. The molecule has 18 heavy (non-hydrogen) atoms. The topological polar surface area (TPSA) is 18.5 Å². The predicted molar refractivity (Wildman–Crippen MR) is 79.0 cm³/mol. The summed E-state index contributed by atoms with van der Waals surface area (Å²) in [5, 5.41) is 0. The second-order valence-electron chi connectivity index (χ2n) is 6.33. The number of rotatable bonds is 11. The third-order valence-corrected chi connectivity index (χ3v) is 2.95. The Morgan fingerprint density at radius 3 is 1.22 bits per heavy atom. The molecule has 0 saturated carbocycles. The van der Waals surface area contributed by atoms with Crippen molar-refractivity contribution in [3.63, 3.8) is 0 Å². The second-order valence-corrected chi connectivity index (χ2v) is 6.33. The van der Waals surface area contributed by atoms with Crippen LogP contribution >= 0.6 is 0 Å². The molecule has 0 N–H and O–H groups in total. The van der Waals surface area contributed by atoms with Gasteiger partial charge in [-0.1, -0.05) is 27.7 Å². The van der Waals surface area contributed by atoms with E-state index in [9.17, 15) is 0 Å². The van der Waals surface area contributed by atoms with E-state index < -0.39 is 0 Å². The maximum Gasteiger partial charge on any atom is 0.0549 e. The maximum atomic E-state index is 5.77. The van der Waals surface area contributed by atoms with Gasteiger partial charge in [0.05, 0.1) is 12.2 Å². The van der Waals surface area contributed by atoms with E-state index in [0.29, 0.717) is 12.2 Å². The highest BCUT2D eigenvalue weighted by atomic mass is 16.5. The summed E-state index contributed by atoms with van der Waals surface area (Å²) in [5.74, 6) is 1.44. The fraction of sp³-hybridized carbons (Fsp3) is 1.00. The molecule has 0 bridgehead atoms. The van der Waals surface area contributed by atoms with Gasteiger partial charge in [0, 0.05) is 13.2 Å². The molecule has 2 atom stereocenters. The van der Waals surface area contributed by atoms with E-state index in [4.69, 9.17) is 9.47 Å². The molecular formula is C16H34O2. The molecule has 2 unspecified atom stereocenters. The summed E-state index contributed by atoms with van der Waals surface area (Å²) in [6, 6.07) is 0. The first-order valence-electron chi connectivity index (χ1n) is 7.65. The van der Waals surface area contributed by atoms with Gasteiger partial charge in [0.25, 0.3) is 0 Å². The van der Waals surface area contributed by atoms with E-state index in [1.165, 1.54) is 0 Å². The van der Waals surface area contributed by atoms with Crippen molar-refractivity contribution in [2.75, 3.05) is 13.2 Å². The molecule has 0 aliphatic rings. The smallest absolute Gasteiger partial charge is 0.0549 e. The molecule has 0 saturated heterocycles. The zero-order chi connectivity index (χ0) is 14.0. The van der Waals surface area contributed by atoms with Gasteiger partial charge in [0.2, 0.25) is 0 Å². The Kier molecular flexibility index (Phi) is 10.8. The Morgan fingerprint density at radius 2 is 0.944 bits per heavy atom. The lowest BCUT2D eigenvalue weighted by Gasteiger charge is -2.16. The zero-order valence-corrected chi connectivity index (χ0v) is 13.4. The van der Waals surface area contributed by atoms with Crippen molar-refractivity contribution in [2.24, 2.45) is 11.8 Å². The summed E-state index contributed by atoms with van der Waals surface area (Å²) in [4.78, 5) is 0. The zero-order valence-electron chi connectivity index (χ0n) is 13.4. The standard InChI is InChI=1S/C16H34O2/c1-13(2)11-15(5)17-9-7-8-10-18-16(6)12-14(3)4/h13-16H,7-12H2,1-6H3. The van der Waals surface area contributed by atoms with Crippen LogP contribution in [0.1, 0.15) is 67.2 Å². The number of ether oxygens (including phenoxy) is 2. The molecule has 0 fully saturated rings. The lowest BCUT2D eigenvalue weighted by molar-refractivity contribution is 0.0286. The molecule has 0 aromatic heterocycles. The molecule has 0 aliphatic heterocycles. The fourth-order valence-electron chi connectivity index (χ4n) is 2.24. The van der Waals surface area contributed by atoms with Gasteiger partial charge in [-0.15, -0.1) is 0 Å². The lowest BCUT2D eigenvalue weighted by atomic mass is 10.1. The summed E-state index contributed by atoms with van der Waals surface area (Å²) < 4.78 is 11.5. The summed E-state index contributed by atoms with van der Waals surface area (Å²) in [7, 11) is 0. The molecule has 0 aromatic rings. The van der Waals surface area contributed by atoms with E-state index in [-0.39, 0.29) is 0 Å². The van der Waals surface area contributed by atoms with Crippen LogP contribution in [0.4, 0.5) is 0 Å². The van der Waals surface area contributed by atoms with Gasteiger partial charge in [0.1, 0.15) is 0 Å².